The highest BCUT2D eigenvalue weighted by atomic mass is 16.2. The van der Waals surface area contributed by atoms with Gasteiger partial charge < -0.3 is 10.2 Å². The Morgan fingerprint density at radius 3 is 2.62 bits per heavy atom. The van der Waals surface area contributed by atoms with Gasteiger partial charge in [0.05, 0.1) is 5.92 Å². The predicted octanol–water partition coefficient (Wildman–Crippen LogP) is 3.03. The number of amides is 1. The maximum atomic E-state index is 13.2. The SMILES string of the molecule is CCC(C)C(C(=O)N1CC(C)NCC1C)c1ccccc1. The van der Waals surface area contributed by atoms with Gasteiger partial charge in [-0.05, 0) is 25.3 Å². The van der Waals surface area contributed by atoms with E-state index < -0.39 is 0 Å². The Hall–Kier alpha value is -1.35. The van der Waals surface area contributed by atoms with Crippen LogP contribution in [0.1, 0.15) is 45.6 Å². The Morgan fingerprint density at radius 1 is 1.33 bits per heavy atom. The minimum Gasteiger partial charge on any atom is -0.337 e. The van der Waals surface area contributed by atoms with E-state index in [1.807, 2.05) is 18.2 Å². The molecule has 4 unspecified atom stereocenters. The lowest BCUT2D eigenvalue weighted by Gasteiger charge is -2.40. The molecule has 1 aliphatic heterocycles. The fraction of sp³-hybridized carbons (Fsp3) is 0.611. The highest BCUT2D eigenvalue weighted by Crippen LogP contribution is 2.30. The Kier molecular flexibility index (Phi) is 5.40. The van der Waals surface area contributed by atoms with Crippen molar-refractivity contribution in [2.45, 2.75) is 52.1 Å². The van der Waals surface area contributed by atoms with Crippen molar-refractivity contribution in [2.75, 3.05) is 13.1 Å². The summed E-state index contributed by atoms with van der Waals surface area (Å²) < 4.78 is 0. The molecule has 1 fully saturated rings. The summed E-state index contributed by atoms with van der Waals surface area (Å²) in [6, 6.07) is 10.9. The first kappa shape index (κ1) is 16.0. The van der Waals surface area contributed by atoms with Crippen molar-refractivity contribution < 1.29 is 4.79 Å². The highest BCUT2D eigenvalue weighted by Gasteiger charge is 2.34. The van der Waals surface area contributed by atoms with Gasteiger partial charge in [0, 0.05) is 25.2 Å². The summed E-state index contributed by atoms with van der Waals surface area (Å²) in [4.78, 5) is 15.2. The van der Waals surface area contributed by atoms with Crippen LogP contribution in [0.4, 0.5) is 0 Å². The second kappa shape index (κ2) is 7.08. The Bertz CT molecular complexity index is 460. The van der Waals surface area contributed by atoms with Gasteiger partial charge in [0.1, 0.15) is 0 Å². The zero-order valence-electron chi connectivity index (χ0n) is 13.7. The first-order valence-electron chi connectivity index (χ1n) is 8.13. The standard InChI is InChI=1S/C18H28N2O/c1-5-13(2)17(16-9-7-6-8-10-16)18(21)20-12-14(3)19-11-15(20)4/h6-10,13-15,17,19H,5,11-12H2,1-4H3. The Morgan fingerprint density at radius 2 is 2.00 bits per heavy atom. The van der Waals surface area contributed by atoms with Crippen LogP contribution in [-0.2, 0) is 4.79 Å². The van der Waals surface area contributed by atoms with Crippen molar-refractivity contribution in [3.8, 4) is 0 Å². The van der Waals surface area contributed by atoms with Crippen LogP contribution in [0.15, 0.2) is 30.3 Å². The van der Waals surface area contributed by atoms with E-state index in [1.165, 1.54) is 0 Å². The van der Waals surface area contributed by atoms with E-state index in [-0.39, 0.29) is 17.9 Å². The number of nitrogens with one attached hydrogen (secondary N) is 1. The van der Waals surface area contributed by atoms with Gasteiger partial charge in [0.25, 0.3) is 0 Å². The van der Waals surface area contributed by atoms with E-state index in [0.29, 0.717) is 12.0 Å². The molecule has 1 N–H and O–H groups in total. The molecule has 2 rings (SSSR count). The molecule has 0 aliphatic carbocycles. The summed E-state index contributed by atoms with van der Waals surface area (Å²) in [5, 5.41) is 3.44. The number of hydrogen-bond acceptors (Lipinski definition) is 2. The number of benzene rings is 1. The monoisotopic (exact) mass is 288 g/mol. The van der Waals surface area contributed by atoms with Crippen molar-refractivity contribution >= 4 is 5.91 Å². The van der Waals surface area contributed by atoms with E-state index in [2.05, 4.69) is 50.0 Å². The lowest BCUT2D eigenvalue weighted by Crippen LogP contribution is -2.57. The van der Waals surface area contributed by atoms with Crippen LogP contribution in [0.2, 0.25) is 0 Å². The van der Waals surface area contributed by atoms with E-state index in [9.17, 15) is 4.79 Å². The minimum absolute atomic E-state index is 0.0241. The fourth-order valence-corrected chi connectivity index (χ4v) is 3.12. The number of nitrogens with zero attached hydrogens (tertiary/aromatic N) is 1. The zero-order chi connectivity index (χ0) is 15.4. The van der Waals surface area contributed by atoms with Gasteiger partial charge in [-0.1, -0.05) is 50.6 Å². The van der Waals surface area contributed by atoms with Crippen molar-refractivity contribution in [3.05, 3.63) is 35.9 Å². The topological polar surface area (TPSA) is 32.3 Å². The summed E-state index contributed by atoms with van der Waals surface area (Å²) in [6.07, 6.45) is 1.02. The summed E-state index contributed by atoms with van der Waals surface area (Å²) in [7, 11) is 0. The molecule has 3 nitrogen and oxygen atoms in total. The number of carbonyl (C=O) groups excluding carboxylic acids is 1. The predicted molar refractivity (Wildman–Crippen MR) is 87.3 cm³/mol. The van der Waals surface area contributed by atoms with E-state index in [0.717, 1.165) is 25.1 Å². The van der Waals surface area contributed by atoms with Crippen LogP contribution in [0.25, 0.3) is 0 Å². The van der Waals surface area contributed by atoms with E-state index in [4.69, 9.17) is 0 Å². The van der Waals surface area contributed by atoms with Gasteiger partial charge in [-0.15, -0.1) is 0 Å². The molecule has 1 aromatic rings. The molecule has 1 aromatic carbocycles. The van der Waals surface area contributed by atoms with Crippen molar-refractivity contribution in [3.63, 3.8) is 0 Å². The van der Waals surface area contributed by atoms with Crippen LogP contribution in [0.5, 0.6) is 0 Å². The minimum atomic E-state index is -0.0241. The van der Waals surface area contributed by atoms with Crippen LogP contribution in [-0.4, -0.2) is 36.0 Å². The summed E-state index contributed by atoms with van der Waals surface area (Å²) in [5.41, 5.74) is 1.15. The van der Waals surface area contributed by atoms with Gasteiger partial charge in [0.15, 0.2) is 0 Å². The molecule has 1 heterocycles. The van der Waals surface area contributed by atoms with Gasteiger partial charge in [-0.2, -0.15) is 0 Å². The maximum Gasteiger partial charge on any atom is 0.230 e. The van der Waals surface area contributed by atoms with Gasteiger partial charge >= 0.3 is 0 Å². The summed E-state index contributed by atoms with van der Waals surface area (Å²) in [6.45, 7) is 10.3. The molecule has 21 heavy (non-hydrogen) atoms. The van der Waals surface area contributed by atoms with E-state index >= 15 is 0 Å². The molecule has 0 saturated carbocycles. The Balaban J connectivity index is 2.26. The molecular formula is C18H28N2O. The summed E-state index contributed by atoms with van der Waals surface area (Å²) in [5.74, 6) is 0.623. The third-order valence-electron chi connectivity index (χ3n) is 4.69. The normalized spacial score (nSPS) is 25.4. The quantitative estimate of drug-likeness (QED) is 0.923. The zero-order valence-corrected chi connectivity index (χ0v) is 13.7. The van der Waals surface area contributed by atoms with Crippen molar-refractivity contribution in [2.24, 2.45) is 5.92 Å². The second-order valence-corrected chi connectivity index (χ2v) is 6.42. The number of piperazine rings is 1. The largest absolute Gasteiger partial charge is 0.337 e. The lowest BCUT2D eigenvalue weighted by molar-refractivity contribution is -0.137. The van der Waals surface area contributed by atoms with Crippen molar-refractivity contribution in [1.29, 1.82) is 0 Å². The maximum absolute atomic E-state index is 13.2. The number of carbonyl (C=O) groups is 1. The Labute approximate surface area is 128 Å². The molecular weight excluding hydrogens is 260 g/mol. The summed E-state index contributed by atoms with van der Waals surface area (Å²) >= 11 is 0. The molecule has 116 valence electrons. The first-order chi connectivity index (χ1) is 10.0. The average molecular weight is 288 g/mol. The smallest absolute Gasteiger partial charge is 0.230 e. The van der Waals surface area contributed by atoms with Gasteiger partial charge in [0.2, 0.25) is 5.91 Å². The molecule has 1 saturated heterocycles. The average Bonchev–Trinajstić information content (AvgIpc) is 2.50. The van der Waals surface area contributed by atoms with Gasteiger partial charge in [-0.3, -0.25) is 4.79 Å². The molecule has 4 atom stereocenters. The molecule has 0 aromatic heterocycles. The van der Waals surface area contributed by atoms with Crippen LogP contribution >= 0.6 is 0 Å². The third kappa shape index (κ3) is 3.65. The second-order valence-electron chi connectivity index (χ2n) is 6.42. The molecule has 1 aliphatic rings. The fourth-order valence-electron chi connectivity index (χ4n) is 3.12. The number of hydrogen-bond donors (Lipinski definition) is 1. The third-order valence-corrected chi connectivity index (χ3v) is 4.69. The molecule has 3 heteroatoms. The molecule has 1 amide bonds. The van der Waals surface area contributed by atoms with Crippen LogP contribution in [0.3, 0.4) is 0 Å². The van der Waals surface area contributed by atoms with Crippen molar-refractivity contribution in [1.82, 2.24) is 10.2 Å². The lowest BCUT2D eigenvalue weighted by atomic mass is 9.84. The number of rotatable bonds is 4. The molecule has 0 radical (unpaired) electrons. The van der Waals surface area contributed by atoms with Gasteiger partial charge in [-0.25, -0.2) is 0 Å². The van der Waals surface area contributed by atoms with E-state index in [1.54, 1.807) is 0 Å². The first-order valence-corrected chi connectivity index (χ1v) is 8.13. The van der Waals surface area contributed by atoms with Crippen LogP contribution < -0.4 is 5.32 Å². The highest BCUT2D eigenvalue weighted by molar-refractivity contribution is 5.84. The molecule has 0 spiro atoms. The molecule has 0 bridgehead atoms. The van der Waals surface area contributed by atoms with Crippen LogP contribution in [0, 0.1) is 5.92 Å².